The lowest BCUT2D eigenvalue weighted by Crippen LogP contribution is -2.28. The highest BCUT2D eigenvalue weighted by atomic mass is 35.5. The molecule has 42 heavy (non-hydrogen) atoms. The third-order valence-corrected chi connectivity index (χ3v) is 8.33. The summed E-state index contributed by atoms with van der Waals surface area (Å²) in [5, 5.41) is 13.6. The SMILES string of the molecule is Clc1nc2n(n1)c1nc(Cl)nn1c1nc(-c3cccc4c3-c3ccccc3C4(c3ccccc3)c3ccccc3)nn21. The maximum absolute atomic E-state index is 6.20. The van der Waals surface area contributed by atoms with Crippen LogP contribution in [0, 0.1) is 0 Å². The van der Waals surface area contributed by atoms with Gasteiger partial charge in [0.1, 0.15) is 0 Å². The zero-order chi connectivity index (χ0) is 28.0. The molecular weight excluding hydrogens is 569 g/mol. The fourth-order valence-corrected chi connectivity index (χ4v) is 6.77. The van der Waals surface area contributed by atoms with Crippen molar-refractivity contribution in [1.29, 1.82) is 0 Å². The van der Waals surface area contributed by atoms with E-state index in [9.17, 15) is 0 Å². The highest BCUT2D eigenvalue weighted by molar-refractivity contribution is 6.28. The number of benzene rings is 4. The van der Waals surface area contributed by atoms with Crippen molar-refractivity contribution in [3.05, 3.63) is 136 Å². The van der Waals surface area contributed by atoms with Crippen molar-refractivity contribution in [2.45, 2.75) is 5.41 Å². The van der Waals surface area contributed by atoms with Gasteiger partial charge in [-0.1, -0.05) is 103 Å². The fraction of sp³-hybridized carbons (Fsp3) is 0.0323. The number of hydrogen-bond donors (Lipinski definition) is 0. The molecule has 9 nitrogen and oxygen atoms in total. The highest BCUT2D eigenvalue weighted by Gasteiger charge is 2.47. The predicted octanol–water partition coefficient (Wildman–Crippen LogP) is 6.15. The molecule has 9 rings (SSSR count). The van der Waals surface area contributed by atoms with Gasteiger partial charge in [0.25, 0.3) is 17.3 Å². The van der Waals surface area contributed by atoms with Gasteiger partial charge in [0.2, 0.25) is 10.6 Å². The molecule has 0 saturated heterocycles. The number of aromatic nitrogens is 9. The normalized spacial score (nSPS) is 13.7. The number of hydrogen-bond acceptors (Lipinski definition) is 6. The van der Waals surface area contributed by atoms with Crippen LogP contribution in [-0.2, 0) is 5.41 Å². The first kappa shape index (κ1) is 23.6. The van der Waals surface area contributed by atoms with Gasteiger partial charge in [0, 0.05) is 5.56 Å². The van der Waals surface area contributed by atoms with Crippen molar-refractivity contribution in [2.24, 2.45) is 0 Å². The van der Waals surface area contributed by atoms with Crippen molar-refractivity contribution in [3.8, 4) is 22.5 Å². The molecule has 1 aliphatic rings. The minimum Gasteiger partial charge on any atom is -0.189 e. The number of rotatable bonds is 3. The topological polar surface area (TPSA) is 90.6 Å². The average Bonchev–Trinajstić information content (AvgIpc) is 3.79. The average molecular weight is 586 g/mol. The van der Waals surface area contributed by atoms with Crippen LogP contribution in [0.4, 0.5) is 0 Å². The van der Waals surface area contributed by atoms with E-state index in [1.165, 1.54) is 25.7 Å². The van der Waals surface area contributed by atoms with Crippen molar-refractivity contribution >= 4 is 40.5 Å². The molecule has 200 valence electrons. The molecule has 0 radical (unpaired) electrons. The molecule has 0 amide bonds. The van der Waals surface area contributed by atoms with E-state index in [0.29, 0.717) is 23.2 Å². The summed E-state index contributed by atoms with van der Waals surface area (Å²) in [6, 6.07) is 36.2. The Morgan fingerprint density at radius 1 is 0.476 bits per heavy atom. The van der Waals surface area contributed by atoms with Crippen LogP contribution in [-0.4, -0.2) is 43.8 Å². The van der Waals surface area contributed by atoms with Crippen LogP contribution in [0.25, 0.3) is 39.8 Å². The van der Waals surface area contributed by atoms with E-state index >= 15 is 0 Å². The van der Waals surface area contributed by atoms with Crippen molar-refractivity contribution in [3.63, 3.8) is 0 Å². The molecule has 0 bridgehead atoms. The fourth-order valence-electron chi connectivity index (χ4n) is 6.47. The Hall–Kier alpha value is -5.12. The van der Waals surface area contributed by atoms with Crippen LogP contribution in [0.15, 0.2) is 103 Å². The summed E-state index contributed by atoms with van der Waals surface area (Å²) in [6.07, 6.45) is 0. The Kier molecular flexibility index (Phi) is 4.74. The molecule has 0 aliphatic heterocycles. The predicted molar refractivity (Wildman–Crippen MR) is 159 cm³/mol. The second-order valence-corrected chi connectivity index (χ2v) is 10.8. The van der Waals surface area contributed by atoms with Gasteiger partial charge in [-0.3, -0.25) is 0 Å². The van der Waals surface area contributed by atoms with Crippen molar-refractivity contribution in [2.75, 3.05) is 0 Å². The van der Waals surface area contributed by atoms with E-state index in [1.807, 2.05) is 0 Å². The molecular formula is C31H17Cl2N9. The van der Waals surface area contributed by atoms with Gasteiger partial charge in [-0.25, -0.2) is 0 Å². The Morgan fingerprint density at radius 2 is 0.976 bits per heavy atom. The summed E-state index contributed by atoms with van der Waals surface area (Å²) in [5.74, 6) is 1.56. The molecule has 0 atom stereocenters. The maximum atomic E-state index is 6.20. The Balaban J connectivity index is 1.40. The largest absolute Gasteiger partial charge is 0.261 e. The summed E-state index contributed by atoms with van der Waals surface area (Å²) in [4.78, 5) is 13.6. The van der Waals surface area contributed by atoms with Crippen LogP contribution in [0.2, 0.25) is 10.6 Å². The van der Waals surface area contributed by atoms with Gasteiger partial charge < -0.3 is 0 Å². The van der Waals surface area contributed by atoms with Gasteiger partial charge >= 0.3 is 0 Å². The summed E-state index contributed by atoms with van der Waals surface area (Å²) < 4.78 is 4.51. The van der Waals surface area contributed by atoms with Crippen LogP contribution < -0.4 is 0 Å². The number of nitrogens with zero attached hydrogens (tertiary/aromatic N) is 9. The molecule has 4 aromatic carbocycles. The van der Waals surface area contributed by atoms with E-state index in [2.05, 4.69) is 123 Å². The molecule has 8 aromatic rings. The van der Waals surface area contributed by atoms with Crippen LogP contribution >= 0.6 is 23.2 Å². The molecule has 0 N–H and O–H groups in total. The molecule has 0 unspecified atom stereocenters. The van der Waals surface area contributed by atoms with Crippen molar-refractivity contribution in [1.82, 2.24) is 43.8 Å². The summed E-state index contributed by atoms with van der Waals surface area (Å²) in [7, 11) is 0. The number of halogens is 2. The van der Waals surface area contributed by atoms with Crippen molar-refractivity contribution < 1.29 is 0 Å². The van der Waals surface area contributed by atoms with Gasteiger partial charge in [-0.2, -0.15) is 28.5 Å². The van der Waals surface area contributed by atoms with Gasteiger partial charge in [0.05, 0.1) is 5.41 Å². The Bertz CT molecular complexity index is 2230. The molecule has 4 aromatic heterocycles. The van der Waals surface area contributed by atoms with E-state index < -0.39 is 5.41 Å². The zero-order valence-corrected chi connectivity index (χ0v) is 23.1. The molecule has 0 spiro atoms. The van der Waals surface area contributed by atoms with Crippen LogP contribution in [0.1, 0.15) is 22.3 Å². The molecule has 4 heterocycles. The van der Waals surface area contributed by atoms with Gasteiger partial charge in [-0.05, 0) is 56.6 Å². The lowest BCUT2D eigenvalue weighted by Gasteiger charge is -2.33. The molecule has 0 saturated carbocycles. The number of fused-ring (bicyclic) bond motifs is 9. The molecule has 1 aliphatic carbocycles. The smallest absolute Gasteiger partial charge is 0.189 e. The Morgan fingerprint density at radius 3 is 1.62 bits per heavy atom. The quantitative estimate of drug-likeness (QED) is 0.247. The maximum Gasteiger partial charge on any atom is 0.261 e. The van der Waals surface area contributed by atoms with E-state index in [1.54, 1.807) is 4.52 Å². The van der Waals surface area contributed by atoms with E-state index in [0.717, 1.165) is 22.3 Å². The molecule has 11 heteroatoms. The Labute approximate surface area is 247 Å². The third-order valence-electron chi connectivity index (χ3n) is 8.01. The van der Waals surface area contributed by atoms with Crippen LogP contribution in [0.5, 0.6) is 0 Å². The minimum absolute atomic E-state index is 0.0469. The summed E-state index contributed by atoms with van der Waals surface area (Å²) in [5.41, 5.74) is 7.25. The summed E-state index contributed by atoms with van der Waals surface area (Å²) >= 11 is 12.4. The van der Waals surface area contributed by atoms with Gasteiger partial charge in [0.15, 0.2) is 5.82 Å². The first-order valence-electron chi connectivity index (χ1n) is 13.2. The zero-order valence-electron chi connectivity index (χ0n) is 21.6. The highest BCUT2D eigenvalue weighted by Crippen LogP contribution is 2.57. The third kappa shape index (κ3) is 2.98. The van der Waals surface area contributed by atoms with Gasteiger partial charge in [-0.15, -0.1) is 15.3 Å². The lowest BCUT2D eigenvalue weighted by molar-refractivity contribution is 0.768. The first-order valence-corrected chi connectivity index (χ1v) is 14.0. The standard InChI is InChI=1S/C31H17Cl2N9/c32-26-35-29-40-28(41-30(42(29)39-26)36-27(33)38-41)34-25(37-40)21-15-9-17-23-24(21)20-14-7-8-16-22(20)31(23,18-10-3-1-4-11-18)19-12-5-2-6-13-19/h1-17H. The molecule has 0 fully saturated rings. The lowest BCUT2D eigenvalue weighted by atomic mass is 9.67. The second-order valence-electron chi connectivity index (χ2n) is 10.1. The van der Waals surface area contributed by atoms with Crippen LogP contribution in [0.3, 0.4) is 0 Å². The second kappa shape index (κ2) is 8.45. The minimum atomic E-state index is -0.538. The monoisotopic (exact) mass is 585 g/mol. The summed E-state index contributed by atoms with van der Waals surface area (Å²) in [6.45, 7) is 0. The van der Waals surface area contributed by atoms with E-state index in [4.69, 9.17) is 33.3 Å². The first-order chi connectivity index (χ1) is 20.6. The van der Waals surface area contributed by atoms with E-state index in [-0.39, 0.29) is 10.6 Å².